The topological polar surface area (TPSA) is 48.2 Å². The highest BCUT2D eigenvalue weighted by Gasteiger charge is 2.08. The first-order chi connectivity index (χ1) is 9.69. The molecule has 0 fully saturated rings. The largest absolute Gasteiger partial charge is 0.494 e. The summed E-state index contributed by atoms with van der Waals surface area (Å²) in [6.07, 6.45) is 2.89. The van der Waals surface area contributed by atoms with Crippen LogP contribution in [0.5, 0.6) is 5.75 Å². The molecule has 4 nitrogen and oxygen atoms in total. The third-order valence-corrected chi connectivity index (χ3v) is 3.00. The zero-order chi connectivity index (χ0) is 14.4. The van der Waals surface area contributed by atoms with Gasteiger partial charge in [0.2, 0.25) is 11.8 Å². The standard InChI is InChI=1S/C16H22N2O2/c1-4-5-15-17-18-16(20-15)13-6-8-14(9-7-13)19-11-10-12(2)3/h6-9,12H,4-5,10-11H2,1-3H3. The summed E-state index contributed by atoms with van der Waals surface area (Å²) in [5.74, 6) is 2.80. The SMILES string of the molecule is CCCc1nnc(-c2ccc(OCCC(C)C)cc2)o1. The lowest BCUT2D eigenvalue weighted by Crippen LogP contribution is -2.01. The fourth-order valence-corrected chi connectivity index (χ4v) is 1.79. The molecular formula is C16H22N2O2. The van der Waals surface area contributed by atoms with Crippen LogP contribution in [0.2, 0.25) is 0 Å². The first-order valence-electron chi connectivity index (χ1n) is 7.24. The molecule has 1 heterocycles. The molecule has 0 atom stereocenters. The van der Waals surface area contributed by atoms with E-state index in [9.17, 15) is 0 Å². The Hall–Kier alpha value is -1.84. The van der Waals surface area contributed by atoms with Crippen LogP contribution >= 0.6 is 0 Å². The fraction of sp³-hybridized carbons (Fsp3) is 0.500. The van der Waals surface area contributed by atoms with E-state index in [1.54, 1.807) is 0 Å². The van der Waals surface area contributed by atoms with E-state index in [2.05, 4.69) is 31.0 Å². The Morgan fingerprint density at radius 1 is 1.15 bits per heavy atom. The van der Waals surface area contributed by atoms with Gasteiger partial charge in [-0.25, -0.2) is 0 Å². The fourth-order valence-electron chi connectivity index (χ4n) is 1.79. The Morgan fingerprint density at radius 2 is 1.90 bits per heavy atom. The Morgan fingerprint density at radius 3 is 2.55 bits per heavy atom. The highest BCUT2D eigenvalue weighted by Crippen LogP contribution is 2.22. The molecule has 2 aromatic rings. The molecule has 0 saturated heterocycles. The van der Waals surface area contributed by atoms with Gasteiger partial charge in [-0.1, -0.05) is 20.8 Å². The zero-order valence-electron chi connectivity index (χ0n) is 12.4. The molecule has 0 bridgehead atoms. The number of hydrogen-bond acceptors (Lipinski definition) is 4. The molecule has 0 aliphatic carbocycles. The van der Waals surface area contributed by atoms with Crippen LogP contribution in [-0.2, 0) is 6.42 Å². The van der Waals surface area contributed by atoms with E-state index < -0.39 is 0 Å². The van der Waals surface area contributed by atoms with Gasteiger partial charge in [0.05, 0.1) is 6.61 Å². The minimum Gasteiger partial charge on any atom is -0.494 e. The number of nitrogens with zero attached hydrogens (tertiary/aromatic N) is 2. The van der Waals surface area contributed by atoms with Crippen LogP contribution in [0.25, 0.3) is 11.5 Å². The zero-order valence-corrected chi connectivity index (χ0v) is 12.4. The number of benzene rings is 1. The highest BCUT2D eigenvalue weighted by atomic mass is 16.5. The Labute approximate surface area is 120 Å². The van der Waals surface area contributed by atoms with Crippen molar-refractivity contribution < 1.29 is 9.15 Å². The summed E-state index contributed by atoms with van der Waals surface area (Å²) >= 11 is 0. The number of rotatable bonds is 7. The molecule has 0 radical (unpaired) electrons. The predicted molar refractivity (Wildman–Crippen MR) is 78.7 cm³/mol. The molecule has 4 heteroatoms. The van der Waals surface area contributed by atoms with Crippen molar-refractivity contribution in [3.8, 4) is 17.2 Å². The summed E-state index contributed by atoms with van der Waals surface area (Å²) < 4.78 is 11.3. The van der Waals surface area contributed by atoms with Crippen molar-refractivity contribution in [2.75, 3.05) is 6.61 Å². The Bertz CT molecular complexity index is 518. The summed E-state index contributed by atoms with van der Waals surface area (Å²) in [6.45, 7) is 7.22. The molecule has 0 aliphatic rings. The first kappa shape index (κ1) is 14.6. The summed E-state index contributed by atoms with van der Waals surface area (Å²) in [6, 6.07) is 7.79. The average Bonchev–Trinajstić information content (AvgIpc) is 2.88. The van der Waals surface area contributed by atoms with Crippen LogP contribution in [0.4, 0.5) is 0 Å². The molecular weight excluding hydrogens is 252 g/mol. The van der Waals surface area contributed by atoms with Crippen LogP contribution in [0.1, 0.15) is 39.5 Å². The van der Waals surface area contributed by atoms with Crippen molar-refractivity contribution >= 4 is 0 Å². The smallest absolute Gasteiger partial charge is 0.247 e. The van der Waals surface area contributed by atoms with E-state index in [1.807, 2.05) is 24.3 Å². The van der Waals surface area contributed by atoms with Gasteiger partial charge >= 0.3 is 0 Å². The van der Waals surface area contributed by atoms with Crippen molar-refractivity contribution in [3.63, 3.8) is 0 Å². The molecule has 0 unspecified atom stereocenters. The number of aromatic nitrogens is 2. The van der Waals surface area contributed by atoms with Gasteiger partial charge < -0.3 is 9.15 Å². The molecule has 2 rings (SSSR count). The molecule has 1 aromatic heterocycles. The predicted octanol–water partition coefficient (Wildman–Crippen LogP) is 4.11. The van der Waals surface area contributed by atoms with Crippen molar-refractivity contribution in [1.82, 2.24) is 10.2 Å². The molecule has 0 aliphatic heterocycles. The van der Waals surface area contributed by atoms with Gasteiger partial charge in [-0.3, -0.25) is 0 Å². The average molecular weight is 274 g/mol. The Balaban J connectivity index is 1.96. The van der Waals surface area contributed by atoms with Gasteiger partial charge in [0.25, 0.3) is 0 Å². The number of aryl methyl sites for hydroxylation is 1. The van der Waals surface area contributed by atoms with E-state index in [0.29, 0.717) is 17.7 Å². The van der Waals surface area contributed by atoms with Gasteiger partial charge in [-0.05, 0) is 43.0 Å². The second-order valence-electron chi connectivity index (χ2n) is 5.31. The van der Waals surface area contributed by atoms with E-state index in [1.165, 1.54) is 0 Å². The highest BCUT2D eigenvalue weighted by molar-refractivity contribution is 5.53. The molecule has 0 N–H and O–H groups in total. The van der Waals surface area contributed by atoms with E-state index in [-0.39, 0.29) is 0 Å². The van der Waals surface area contributed by atoms with Crippen molar-refractivity contribution in [1.29, 1.82) is 0 Å². The monoisotopic (exact) mass is 274 g/mol. The lowest BCUT2D eigenvalue weighted by atomic mass is 10.1. The van der Waals surface area contributed by atoms with E-state index in [0.717, 1.165) is 37.2 Å². The molecule has 0 amide bonds. The third kappa shape index (κ3) is 4.08. The maximum Gasteiger partial charge on any atom is 0.247 e. The molecule has 108 valence electrons. The lowest BCUT2D eigenvalue weighted by molar-refractivity contribution is 0.289. The summed E-state index contributed by atoms with van der Waals surface area (Å²) in [4.78, 5) is 0. The maximum atomic E-state index is 5.68. The molecule has 0 spiro atoms. The van der Waals surface area contributed by atoms with E-state index in [4.69, 9.17) is 9.15 Å². The lowest BCUT2D eigenvalue weighted by Gasteiger charge is -2.08. The quantitative estimate of drug-likeness (QED) is 0.762. The second-order valence-corrected chi connectivity index (χ2v) is 5.31. The van der Waals surface area contributed by atoms with Crippen molar-refractivity contribution in [2.45, 2.75) is 40.0 Å². The number of hydrogen-bond donors (Lipinski definition) is 0. The molecule has 20 heavy (non-hydrogen) atoms. The van der Waals surface area contributed by atoms with Gasteiger partial charge in [0, 0.05) is 12.0 Å². The first-order valence-corrected chi connectivity index (χ1v) is 7.24. The van der Waals surface area contributed by atoms with Gasteiger partial charge in [0.15, 0.2) is 0 Å². The Kier molecular flexibility index (Phi) is 5.16. The van der Waals surface area contributed by atoms with Crippen LogP contribution < -0.4 is 4.74 Å². The minimum absolute atomic E-state index is 0.571. The third-order valence-electron chi connectivity index (χ3n) is 3.00. The van der Waals surface area contributed by atoms with Crippen LogP contribution in [-0.4, -0.2) is 16.8 Å². The van der Waals surface area contributed by atoms with Crippen molar-refractivity contribution in [3.05, 3.63) is 30.2 Å². The normalized spacial score (nSPS) is 11.0. The molecule has 0 saturated carbocycles. The van der Waals surface area contributed by atoms with Gasteiger partial charge in [-0.15, -0.1) is 10.2 Å². The maximum absolute atomic E-state index is 5.68. The summed E-state index contributed by atoms with van der Waals surface area (Å²) in [5, 5.41) is 8.09. The van der Waals surface area contributed by atoms with E-state index >= 15 is 0 Å². The number of ether oxygens (including phenoxy) is 1. The van der Waals surface area contributed by atoms with Crippen molar-refractivity contribution in [2.24, 2.45) is 5.92 Å². The van der Waals surface area contributed by atoms with Gasteiger partial charge in [0.1, 0.15) is 5.75 Å². The van der Waals surface area contributed by atoms with Gasteiger partial charge in [-0.2, -0.15) is 0 Å². The summed E-state index contributed by atoms with van der Waals surface area (Å²) in [5.41, 5.74) is 0.927. The second kappa shape index (κ2) is 7.08. The summed E-state index contributed by atoms with van der Waals surface area (Å²) in [7, 11) is 0. The van der Waals surface area contributed by atoms with Crippen LogP contribution in [0.3, 0.4) is 0 Å². The van der Waals surface area contributed by atoms with Crippen LogP contribution in [0.15, 0.2) is 28.7 Å². The van der Waals surface area contributed by atoms with Crippen LogP contribution in [0, 0.1) is 5.92 Å². The molecule has 1 aromatic carbocycles. The minimum atomic E-state index is 0.571.